The van der Waals surface area contributed by atoms with Crippen molar-refractivity contribution < 1.29 is 14.3 Å². The van der Waals surface area contributed by atoms with Crippen molar-refractivity contribution in [3.05, 3.63) is 29.8 Å². The molecule has 6 nitrogen and oxygen atoms in total. The number of hydrogen-bond donors (Lipinski definition) is 2. The molecule has 1 aromatic rings. The molecule has 3 rings (SSSR count). The number of carbonyl (C=O) groups is 2. The zero-order valence-electron chi connectivity index (χ0n) is 16.2. The van der Waals surface area contributed by atoms with Gasteiger partial charge in [0, 0.05) is 26.2 Å². The SMILES string of the molecule is COc1ccc(CNC(=O)CC2C(=O)NCCN2CC2CCCCC2)cc1. The van der Waals surface area contributed by atoms with Crippen molar-refractivity contribution in [2.75, 3.05) is 26.7 Å². The maximum Gasteiger partial charge on any atom is 0.237 e. The summed E-state index contributed by atoms with van der Waals surface area (Å²) in [6.45, 7) is 2.90. The van der Waals surface area contributed by atoms with Gasteiger partial charge >= 0.3 is 0 Å². The highest BCUT2D eigenvalue weighted by molar-refractivity contribution is 5.88. The number of methoxy groups -OCH3 is 1. The smallest absolute Gasteiger partial charge is 0.237 e. The van der Waals surface area contributed by atoms with E-state index in [9.17, 15) is 9.59 Å². The summed E-state index contributed by atoms with van der Waals surface area (Å²) in [5, 5.41) is 5.86. The van der Waals surface area contributed by atoms with Crippen molar-refractivity contribution in [1.82, 2.24) is 15.5 Å². The van der Waals surface area contributed by atoms with Crippen LogP contribution in [0.15, 0.2) is 24.3 Å². The Morgan fingerprint density at radius 2 is 1.96 bits per heavy atom. The molecule has 27 heavy (non-hydrogen) atoms. The number of nitrogens with one attached hydrogen (secondary N) is 2. The van der Waals surface area contributed by atoms with Crippen LogP contribution in [0.25, 0.3) is 0 Å². The number of rotatable bonds is 7. The third-order valence-electron chi connectivity index (χ3n) is 5.69. The number of ether oxygens (including phenoxy) is 1. The highest BCUT2D eigenvalue weighted by Gasteiger charge is 2.33. The largest absolute Gasteiger partial charge is 0.497 e. The third kappa shape index (κ3) is 5.70. The monoisotopic (exact) mass is 373 g/mol. The molecule has 2 amide bonds. The number of hydrogen-bond acceptors (Lipinski definition) is 4. The quantitative estimate of drug-likeness (QED) is 0.768. The van der Waals surface area contributed by atoms with E-state index in [0.717, 1.165) is 24.4 Å². The number of carbonyl (C=O) groups excluding carboxylic acids is 2. The van der Waals surface area contributed by atoms with E-state index in [1.165, 1.54) is 32.1 Å². The highest BCUT2D eigenvalue weighted by Crippen LogP contribution is 2.25. The highest BCUT2D eigenvalue weighted by atomic mass is 16.5. The molecule has 1 aliphatic heterocycles. The summed E-state index contributed by atoms with van der Waals surface area (Å²) in [6, 6.07) is 7.27. The first-order valence-electron chi connectivity index (χ1n) is 10.1. The lowest BCUT2D eigenvalue weighted by Gasteiger charge is -2.37. The molecule has 1 saturated carbocycles. The van der Waals surface area contributed by atoms with E-state index in [0.29, 0.717) is 19.0 Å². The standard InChI is InChI=1S/C21H31N3O3/c1-27-18-9-7-16(8-10-18)14-23-20(25)13-19-21(26)22-11-12-24(19)15-17-5-3-2-4-6-17/h7-10,17,19H,2-6,11-15H2,1H3,(H,22,26)(H,23,25). The molecule has 1 aliphatic carbocycles. The minimum Gasteiger partial charge on any atom is -0.497 e. The first-order chi connectivity index (χ1) is 13.2. The Morgan fingerprint density at radius 3 is 2.67 bits per heavy atom. The second-order valence-corrected chi connectivity index (χ2v) is 7.63. The Morgan fingerprint density at radius 1 is 1.22 bits per heavy atom. The van der Waals surface area contributed by atoms with E-state index >= 15 is 0 Å². The van der Waals surface area contributed by atoms with Crippen LogP contribution in [0, 0.1) is 5.92 Å². The molecule has 148 valence electrons. The molecule has 0 aromatic heterocycles. The number of benzene rings is 1. The van der Waals surface area contributed by atoms with Gasteiger partial charge in [-0.15, -0.1) is 0 Å². The van der Waals surface area contributed by atoms with Crippen LogP contribution in [0.4, 0.5) is 0 Å². The van der Waals surface area contributed by atoms with E-state index in [1.807, 2.05) is 24.3 Å². The number of nitrogens with zero attached hydrogens (tertiary/aromatic N) is 1. The normalized spacial score (nSPS) is 21.5. The molecule has 0 bridgehead atoms. The lowest BCUT2D eigenvalue weighted by Crippen LogP contribution is -2.57. The topological polar surface area (TPSA) is 70.7 Å². The maximum absolute atomic E-state index is 12.4. The molecule has 1 aromatic carbocycles. The molecule has 2 fully saturated rings. The average molecular weight is 373 g/mol. The van der Waals surface area contributed by atoms with Gasteiger partial charge in [0.1, 0.15) is 5.75 Å². The van der Waals surface area contributed by atoms with Crippen LogP contribution in [0.3, 0.4) is 0 Å². The van der Waals surface area contributed by atoms with Gasteiger partial charge in [-0.2, -0.15) is 0 Å². The van der Waals surface area contributed by atoms with Gasteiger partial charge in [0.05, 0.1) is 19.6 Å². The van der Waals surface area contributed by atoms with Gasteiger partial charge in [-0.1, -0.05) is 31.4 Å². The zero-order valence-corrected chi connectivity index (χ0v) is 16.2. The fourth-order valence-corrected chi connectivity index (χ4v) is 4.10. The van der Waals surface area contributed by atoms with E-state index in [-0.39, 0.29) is 24.3 Å². The van der Waals surface area contributed by atoms with Crippen molar-refractivity contribution >= 4 is 11.8 Å². The Hall–Kier alpha value is -2.08. The molecule has 0 radical (unpaired) electrons. The fraction of sp³-hybridized carbons (Fsp3) is 0.619. The van der Waals surface area contributed by atoms with Crippen molar-refractivity contribution in [2.24, 2.45) is 5.92 Å². The van der Waals surface area contributed by atoms with Crippen LogP contribution in [-0.2, 0) is 16.1 Å². The molecule has 2 aliphatic rings. The second-order valence-electron chi connectivity index (χ2n) is 7.63. The molecule has 1 heterocycles. The molecule has 6 heteroatoms. The Balaban J connectivity index is 1.51. The van der Waals surface area contributed by atoms with Crippen molar-refractivity contribution in [2.45, 2.75) is 51.1 Å². The molecule has 1 saturated heterocycles. The van der Waals surface area contributed by atoms with Crippen molar-refractivity contribution in [1.29, 1.82) is 0 Å². The van der Waals surface area contributed by atoms with Crippen molar-refractivity contribution in [3.8, 4) is 5.75 Å². The van der Waals surface area contributed by atoms with E-state index < -0.39 is 0 Å². The van der Waals surface area contributed by atoms with Gasteiger partial charge in [0.2, 0.25) is 11.8 Å². The minimum atomic E-state index is -0.350. The van der Waals surface area contributed by atoms with Gasteiger partial charge in [0.25, 0.3) is 0 Å². The minimum absolute atomic E-state index is 0.0170. The van der Waals surface area contributed by atoms with Crippen LogP contribution < -0.4 is 15.4 Å². The molecular formula is C21H31N3O3. The lowest BCUT2D eigenvalue weighted by molar-refractivity contribution is -0.134. The van der Waals surface area contributed by atoms with E-state index in [4.69, 9.17) is 4.74 Å². The van der Waals surface area contributed by atoms with E-state index in [1.54, 1.807) is 7.11 Å². The average Bonchev–Trinajstić information content (AvgIpc) is 2.70. The summed E-state index contributed by atoms with van der Waals surface area (Å²) in [4.78, 5) is 27.1. The van der Waals surface area contributed by atoms with Gasteiger partial charge in [-0.25, -0.2) is 0 Å². The first-order valence-corrected chi connectivity index (χ1v) is 10.1. The van der Waals surface area contributed by atoms with Gasteiger partial charge in [0.15, 0.2) is 0 Å². The van der Waals surface area contributed by atoms with Crippen molar-refractivity contribution in [3.63, 3.8) is 0 Å². The van der Waals surface area contributed by atoms with Gasteiger partial charge in [-0.05, 0) is 36.5 Å². The first kappa shape index (κ1) is 19.7. The summed E-state index contributed by atoms with van der Waals surface area (Å²) in [5.74, 6) is 1.36. The van der Waals surface area contributed by atoms with Gasteiger partial charge in [-0.3, -0.25) is 14.5 Å². The van der Waals surface area contributed by atoms with Crippen LogP contribution in [0.2, 0.25) is 0 Å². The number of amides is 2. The summed E-state index contributed by atoms with van der Waals surface area (Å²) < 4.78 is 5.14. The molecule has 2 N–H and O–H groups in total. The lowest BCUT2D eigenvalue weighted by atomic mass is 9.88. The second kappa shape index (κ2) is 9.74. The van der Waals surface area contributed by atoms with E-state index in [2.05, 4.69) is 15.5 Å². The van der Waals surface area contributed by atoms with Gasteiger partial charge < -0.3 is 15.4 Å². The zero-order chi connectivity index (χ0) is 19.1. The van der Waals surface area contributed by atoms with Crippen LogP contribution in [0.5, 0.6) is 5.75 Å². The maximum atomic E-state index is 12.4. The molecule has 1 unspecified atom stereocenters. The van der Waals surface area contributed by atoms with Crippen LogP contribution >= 0.6 is 0 Å². The number of piperazine rings is 1. The Bertz CT molecular complexity index is 626. The Labute approximate surface area is 161 Å². The fourth-order valence-electron chi connectivity index (χ4n) is 4.10. The molecule has 0 spiro atoms. The molecule has 1 atom stereocenters. The predicted octanol–water partition coefficient (Wildman–Crippen LogP) is 2.08. The summed E-state index contributed by atoms with van der Waals surface area (Å²) in [7, 11) is 1.63. The third-order valence-corrected chi connectivity index (χ3v) is 5.69. The predicted molar refractivity (Wildman–Crippen MR) is 104 cm³/mol. The molecular weight excluding hydrogens is 342 g/mol. The summed E-state index contributed by atoms with van der Waals surface area (Å²) in [6.07, 6.45) is 6.61. The van der Waals surface area contributed by atoms with Crippen LogP contribution in [0.1, 0.15) is 44.1 Å². The summed E-state index contributed by atoms with van der Waals surface area (Å²) >= 11 is 0. The van der Waals surface area contributed by atoms with Crippen LogP contribution in [-0.4, -0.2) is 49.5 Å². The Kier molecular flexibility index (Phi) is 7.10. The summed E-state index contributed by atoms with van der Waals surface area (Å²) in [5.41, 5.74) is 1.01.